The van der Waals surface area contributed by atoms with Crippen LogP contribution in [-0.4, -0.2) is 18.2 Å². The minimum absolute atomic E-state index is 0.137. The Morgan fingerprint density at radius 1 is 0.964 bits per heavy atom. The van der Waals surface area contributed by atoms with Crippen molar-refractivity contribution in [2.24, 2.45) is 0 Å². The maximum atomic E-state index is 13.0. The molecule has 0 aliphatic rings. The van der Waals surface area contributed by atoms with E-state index in [1.54, 1.807) is 36.4 Å². The molecular weight excluding hydrogens is 420 g/mol. The fourth-order valence-electron chi connectivity index (χ4n) is 3.10. The monoisotopic (exact) mass is 440 g/mol. The molecule has 0 aliphatic heterocycles. The predicted octanol–water partition coefficient (Wildman–Crippen LogP) is 4.77. The molecule has 0 aliphatic carbocycles. The Morgan fingerprint density at radius 3 is 2.11 bits per heavy atom. The van der Waals surface area contributed by atoms with Gasteiger partial charge in [-0.05, 0) is 28.8 Å². The summed E-state index contributed by atoms with van der Waals surface area (Å²) < 4.78 is 12.1. The fourth-order valence-corrected chi connectivity index (χ4v) is 3.36. The standard InChI is InChI=1S/C23H21BrO4/c1-27-22(26)23(19-10-6-3-7-11-19,28-16-17-8-4-2-5-9-17)21(25)18-12-14-20(24)15-13-18/h2-15,21,25H,16H2,1H3/t21-,23-/m0/s1. The third-order valence-corrected chi connectivity index (χ3v) is 5.10. The summed E-state index contributed by atoms with van der Waals surface area (Å²) in [5.74, 6) is -0.662. The quantitative estimate of drug-likeness (QED) is 0.537. The molecule has 0 heterocycles. The van der Waals surface area contributed by atoms with Gasteiger partial charge < -0.3 is 14.6 Å². The van der Waals surface area contributed by atoms with E-state index in [-0.39, 0.29) is 6.61 Å². The molecule has 0 spiro atoms. The summed E-state index contributed by atoms with van der Waals surface area (Å²) >= 11 is 3.39. The Hall–Kier alpha value is -2.47. The first-order valence-corrected chi connectivity index (χ1v) is 9.62. The summed E-state index contributed by atoms with van der Waals surface area (Å²) in [6, 6.07) is 25.6. The molecule has 0 saturated carbocycles. The Morgan fingerprint density at radius 2 is 1.54 bits per heavy atom. The number of carbonyl (C=O) groups excluding carboxylic acids is 1. The molecule has 3 aromatic carbocycles. The third-order valence-electron chi connectivity index (χ3n) is 4.57. The van der Waals surface area contributed by atoms with Crippen molar-refractivity contribution in [2.75, 3.05) is 7.11 Å². The Bertz CT molecular complexity index is 897. The minimum Gasteiger partial charge on any atom is -0.467 e. The van der Waals surface area contributed by atoms with Crippen molar-refractivity contribution >= 4 is 21.9 Å². The SMILES string of the molecule is COC(=O)[C@](OCc1ccccc1)(c1ccccc1)[C@@H](O)c1ccc(Br)cc1. The number of methoxy groups -OCH3 is 1. The van der Waals surface area contributed by atoms with E-state index in [9.17, 15) is 9.90 Å². The van der Waals surface area contributed by atoms with Gasteiger partial charge in [0.2, 0.25) is 5.60 Å². The lowest BCUT2D eigenvalue weighted by Gasteiger charge is -2.36. The molecule has 0 radical (unpaired) electrons. The molecular formula is C23H21BrO4. The zero-order chi connectivity index (χ0) is 20.0. The maximum absolute atomic E-state index is 13.0. The van der Waals surface area contributed by atoms with Gasteiger partial charge in [-0.25, -0.2) is 4.79 Å². The van der Waals surface area contributed by atoms with Crippen molar-refractivity contribution in [1.82, 2.24) is 0 Å². The number of hydrogen-bond donors (Lipinski definition) is 1. The van der Waals surface area contributed by atoms with Gasteiger partial charge in [0.15, 0.2) is 0 Å². The van der Waals surface area contributed by atoms with E-state index in [1.165, 1.54) is 7.11 Å². The van der Waals surface area contributed by atoms with E-state index in [0.29, 0.717) is 11.1 Å². The lowest BCUT2D eigenvalue weighted by Crippen LogP contribution is -2.45. The highest BCUT2D eigenvalue weighted by atomic mass is 79.9. The minimum atomic E-state index is -1.71. The number of ether oxygens (including phenoxy) is 2. The summed E-state index contributed by atoms with van der Waals surface area (Å²) in [5, 5.41) is 11.3. The Kier molecular flexibility index (Phi) is 6.62. The first-order chi connectivity index (χ1) is 13.6. The lowest BCUT2D eigenvalue weighted by atomic mass is 9.84. The third kappa shape index (κ3) is 4.17. The van der Waals surface area contributed by atoms with Crippen LogP contribution in [0.1, 0.15) is 22.8 Å². The van der Waals surface area contributed by atoms with E-state index in [1.807, 2.05) is 48.5 Å². The van der Waals surface area contributed by atoms with E-state index in [4.69, 9.17) is 9.47 Å². The summed E-state index contributed by atoms with van der Waals surface area (Å²) in [7, 11) is 1.29. The van der Waals surface area contributed by atoms with Crippen LogP contribution >= 0.6 is 15.9 Å². The second kappa shape index (κ2) is 9.15. The number of halogens is 1. The number of aliphatic hydroxyl groups is 1. The van der Waals surface area contributed by atoms with Gasteiger partial charge in [-0.15, -0.1) is 0 Å². The number of benzene rings is 3. The largest absolute Gasteiger partial charge is 0.467 e. The van der Waals surface area contributed by atoms with Crippen molar-refractivity contribution in [3.63, 3.8) is 0 Å². The van der Waals surface area contributed by atoms with Crippen LogP contribution in [0.25, 0.3) is 0 Å². The molecule has 3 aromatic rings. The smallest absolute Gasteiger partial charge is 0.346 e. The predicted molar refractivity (Wildman–Crippen MR) is 110 cm³/mol. The van der Waals surface area contributed by atoms with E-state index in [0.717, 1.165) is 10.0 Å². The fraction of sp³-hybridized carbons (Fsp3) is 0.174. The summed E-state index contributed by atoms with van der Waals surface area (Å²) in [4.78, 5) is 13.0. The van der Waals surface area contributed by atoms with Crippen LogP contribution < -0.4 is 0 Å². The molecule has 0 bridgehead atoms. The lowest BCUT2D eigenvalue weighted by molar-refractivity contribution is -0.194. The number of aliphatic hydroxyl groups excluding tert-OH is 1. The zero-order valence-electron chi connectivity index (χ0n) is 15.4. The number of carbonyl (C=O) groups is 1. The van der Waals surface area contributed by atoms with Crippen molar-refractivity contribution in [3.8, 4) is 0 Å². The summed E-state index contributed by atoms with van der Waals surface area (Å²) in [5.41, 5.74) is 0.244. The summed E-state index contributed by atoms with van der Waals surface area (Å²) in [6.45, 7) is 0.137. The molecule has 3 rings (SSSR count). The van der Waals surface area contributed by atoms with E-state index < -0.39 is 17.7 Å². The van der Waals surface area contributed by atoms with Crippen LogP contribution in [0, 0.1) is 0 Å². The number of rotatable bonds is 7. The average Bonchev–Trinajstić information content (AvgIpc) is 2.75. The molecule has 144 valence electrons. The molecule has 0 unspecified atom stereocenters. The topological polar surface area (TPSA) is 55.8 Å². The molecule has 1 N–H and O–H groups in total. The second-order valence-corrected chi connectivity index (χ2v) is 7.24. The first-order valence-electron chi connectivity index (χ1n) is 8.83. The Balaban J connectivity index is 2.09. The highest BCUT2D eigenvalue weighted by Gasteiger charge is 2.50. The van der Waals surface area contributed by atoms with Crippen LogP contribution in [0.2, 0.25) is 0 Å². The van der Waals surface area contributed by atoms with Gasteiger partial charge in [0.05, 0.1) is 13.7 Å². The van der Waals surface area contributed by atoms with Crippen LogP contribution in [0.5, 0.6) is 0 Å². The molecule has 0 fully saturated rings. The highest BCUT2D eigenvalue weighted by Crippen LogP contribution is 2.41. The first kappa shape index (κ1) is 20.3. The summed E-state index contributed by atoms with van der Waals surface area (Å²) in [6.07, 6.45) is -1.26. The molecule has 28 heavy (non-hydrogen) atoms. The molecule has 4 nitrogen and oxygen atoms in total. The van der Waals surface area contributed by atoms with Gasteiger partial charge in [-0.2, -0.15) is 0 Å². The van der Waals surface area contributed by atoms with Gasteiger partial charge in [-0.3, -0.25) is 0 Å². The van der Waals surface area contributed by atoms with Crippen molar-refractivity contribution < 1.29 is 19.4 Å². The van der Waals surface area contributed by atoms with Crippen LogP contribution in [0.3, 0.4) is 0 Å². The Labute approximate surface area is 172 Å². The normalized spacial score (nSPS) is 14.1. The zero-order valence-corrected chi connectivity index (χ0v) is 17.0. The molecule has 2 atom stereocenters. The highest BCUT2D eigenvalue weighted by molar-refractivity contribution is 9.10. The van der Waals surface area contributed by atoms with Crippen LogP contribution in [-0.2, 0) is 26.5 Å². The maximum Gasteiger partial charge on any atom is 0.346 e. The van der Waals surface area contributed by atoms with Gasteiger partial charge in [-0.1, -0.05) is 88.7 Å². The molecule has 0 aromatic heterocycles. The van der Waals surface area contributed by atoms with Crippen LogP contribution in [0.15, 0.2) is 89.4 Å². The van der Waals surface area contributed by atoms with E-state index in [2.05, 4.69) is 15.9 Å². The van der Waals surface area contributed by atoms with Gasteiger partial charge in [0.1, 0.15) is 6.10 Å². The average molecular weight is 441 g/mol. The molecule has 0 saturated heterocycles. The van der Waals surface area contributed by atoms with Crippen LogP contribution in [0.4, 0.5) is 0 Å². The number of esters is 1. The second-order valence-electron chi connectivity index (χ2n) is 6.32. The molecule has 0 amide bonds. The van der Waals surface area contributed by atoms with Crippen molar-refractivity contribution in [1.29, 1.82) is 0 Å². The molecule has 5 heteroatoms. The van der Waals surface area contributed by atoms with Gasteiger partial charge >= 0.3 is 5.97 Å². The van der Waals surface area contributed by atoms with Crippen molar-refractivity contribution in [2.45, 2.75) is 18.3 Å². The van der Waals surface area contributed by atoms with Gasteiger partial charge in [0.25, 0.3) is 0 Å². The number of hydrogen-bond acceptors (Lipinski definition) is 4. The van der Waals surface area contributed by atoms with E-state index >= 15 is 0 Å². The van der Waals surface area contributed by atoms with Gasteiger partial charge in [0, 0.05) is 4.47 Å². The van der Waals surface area contributed by atoms with Crippen molar-refractivity contribution in [3.05, 3.63) is 106 Å².